The molecule has 4 rings (SSSR count). The molecule has 0 fully saturated rings. The zero-order valence-corrected chi connectivity index (χ0v) is 21.5. The van der Waals surface area contributed by atoms with E-state index in [2.05, 4.69) is 64.6 Å². The number of carbonyl (C=O) groups is 1. The molecule has 0 aliphatic carbocycles. The van der Waals surface area contributed by atoms with Gasteiger partial charge in [-0.05, 0) is 66.1 Å². The van der Waals surface area contributed by atoms with Gasteiger partial charge in [0.15, 0.2) is 5.82 Å². The van der Waals surface area contributed by atoms with Crippen LogP contribution in [0.5, 0.6) is 0 Å². The van der Waals surface area contributed by atoms with Crippen LogP contribution in [0.3, 0.4) is 0 Å². The first kappa shape index (κ1) is 26.8. The number of rotatable bonds is 11. The molecule has 0 bridgehead atoms. The summed E-state index contributed by atoms with van der Waals surface area (Å²) >= 11 is 0. The number of hydrogen-bond acceptors (Lipinski definition) is 5. The Morgan fingerprint density at radius 3 is 2.44 bits per heavy atom. The number of fused-ring (bicyclic) bond motifs is 1. The Morgan fingerprint density at radius 1 is 0.972 bits per heavy atom. The number of nitrogens with zero attached hydrogens (tertiary/aromatic N) is 3. The number of aromatic nitrogens is 2. The van der Waals surface area contributed by atoms with Gasteiger partial charge in [-0.2, -0.15) is 0 Å². The summed E-state index contributed by atoms with van der Waals surface area (Å²) in [5, 5.41) is 5.73. The number of nitrogens with one attached hydrogen (secondary N) is 1. The first-order chi connectivity index (χ1) is 17.7. The highest BCUT2D eigenvalue weighted by molar-refractivity contribution is 5.83. The summed E-state index contributed by atoms with van der Waals surface area (Å²) in [7, 11) is 0. The molecule has 1 heterocycles. The lowest BCUT2D eigenvalue weighted by atomic mass is 10.1. The normalized spacial score (nSPS) is 10.7. The van der Waals surface area contributed by atoms with E-state index in [-0.39, 0.29) is 5.56 Å². The van der Waals surface area contributed by atoms with Crippen molar-refractivity contribution < 1.29 is 4.79 Å². The SMILES string of the molecule is CC.CCCN(CCCNc1nccn(-c2ccc(C=O)cc2)c1=O)Cc1ccc2ccccc2c1. The first-order valence-corrected chi connectivity index (χ1v) is 12.7. The molecule has 36 heavy (non-hydrogen) atoms. The van der Waals surface area contributed by atoms with Crippen molar-refractivity contribution in [1.82, 2.24) is 14.5 Å². The summed E-state index contributed by atoms with van der Waals surface area (Å²) < 4.78 is 1.53. The van der Waals surface area contributed by atoms with Crippen LogP contribution >= 0.6 is 0 Å². The van der Waals surface area contributed by atoms with E-state index < -0.39 is 0 Å². The van der Waals surface area contributed by atoms with Crippen LogP contribution in [0, 0.1) is 0 Å². The third kappa shape index (κ3) is 7.12. The molecule has 4 aromatic rings. The van der Waals surface area contributed by atoms with Crippen molar-refractivity contribution in [3.8, 4) is 5.69 Å². The van der Waals surface area contributed by atoms with Crippen molar-refractivity contribution in [3.05, 3.63) is 101 Å². The van der Waals surface area contributed by atoms with Gasteiger partial charge >= 0.3 is 0 Å². The van der Waals surface area contributed by atoms with E-state index in [0.29, 0.717) is 23.6 Å². The molecule has 3 aromatic carbocycles. The Labute approximate surface area is 213 Å². The minimum absolute atomic E-state index is 0.206. The summed E-state index contributed by atoms with van der Waals surface area (Å²) in [6.45, 7) is 9.73. The molecule has 0 amide bonds. The van der Waals surface area contributed by atoms with Gasteiger partial charge in [-0.15, -0.1) is 0 Å². The zero-order chi connectivity index (χ0) is 25.8. The molecule has 1 N–H and O–H groups in total. The molecule has 6 heteroatoms. The summed E-state index contributed by atoms with van der Waals surface area (Å²) in [6, 6.07) is 22.0. The summed E-state index contributed by atoms with van der Waals surface area (Å²) in [5.41, 5.74) is 2.38. The average Bonchev–Trinajstić information content (AvgIpc) is 2.93. The zero-order valence-electron chi connectivity index (χ0n) is 21.5. The first-order valence-electron chi connectivity index (χ1n) is 12.7. The third-order valence-corrected chi connectivity index (χ3v) is 5.85. The van der Waals surface area contributed by atoms with E-state index in [1.54, 1.807) is 36.7 Å². The monoisotopic (exact) mass is 484 g/mol. The van der Waals surface area contributed by atoms with Crippen LogP contribution in [0.4, 0.5) is 5.82 Å². The Hall–Kier alpha value is -3.77. The lowest BCUT2D eigenvalue weighted by Crippen LogP contribution is -2.28. The maximum atomic E-state index is 12.9. The Balaban J connectivity index is 0.00000176. The predicted molar refractivity (Wildman–Crippen MR) is 149 cm³/mol. The third-order valence-electron chi connectivity index (χ3n) is 5.85. The standard InChI is InChI=1S/C28H30N4O2.C2H6/c1-2-16-31(20-23-8-11-24-6-3-4-7-25(24)19-23)17-5-14-29-27-28(34)32(18-15-30-27)26-12-9-22(21-33)10-13-26;1-2/h3-4,6-13,15,18-19,21H,2,5,14,16-17,20H2,1H3,(H,29,30);1-2H3. The van der Waals surface area contributed by atoms with Gasteiger partial charge in [-0.25, -0.2) is 4.98 Å². The van der Waals surface area contributed by atoms with Crippen molar-refractivity contribution >= 4 is 22.9 Å². The minimum Gasteiger partial charge on any atom is -0.365 e. The number of anilines is 1. The molecule has 0 unspecified atom stereocenters. The smallest absolute Gasteiger partial charge is 0.297 e. The largest absolute Gasteiger partial charge is 0.365 e. The molecule has 0 aliphatic heterocycles. The summed E-state index contributed by atoms with van der Waals surface area (Å²) in [6.07, 6.45) is 6.02. The van der Waals surface area contributed by atoms with Crippen molar-refractivity contribution in [2.24, 2.45) is 0 Å². The molecule has 0 saturated carbocycles. The van der Waals surface area contributed by atoms with Gasteiger partial charge in [0.05, 0.1) is 0 Å². The van der Waals surface area contributed by atoms with Gasteiger partial charge < -0.3 is 5.32 Å². The molecule has 6 nitrogen and oxygen atoms in total. The summed E-state index contributed by atoms with van der Waals surface area (Å²) in [4.78, 5) is 30.4. The van der Waals surface area contributed by atoms with Crippen LogP contribution in [0.25, 0.3) is 16.5 Å². The second kappa shape index (κ2) is 14.0. The Bertz CT molecular complexity index is 1300. The highest BCUT2D eigenvalue weighted by Gasteiger charge is 2.09. The van der Waals surface area contributed by atoms with Crippen LogP contribution in [-0.2, 0) is 6.54 Å². The van der Waals surface area contributed by atoms with Crippen LogP contribution < -0.4 is 10.9 Å². The van der Waals surface area contributed by atoms with E-state index in [1.165, 1.54) is 20.9 Å². The highest BCUT2D eigenvalue weighted by atomic mass is 16.1. The van der Waals surface area contributed by atoms with E-state index in [0.717, 1.165) is 38.8 Å². The fourth-order valence-corrected chi connectivity index (χ4v) is 4.14. The van der Waals surface area contributed by atoms with E-state index in [1.807, 2.05) is 13.8 Å². The second-order valence-corrected chi connectivity index (χ2v) is 8.40. The quantitative estimate of drug-likeness (QED) is 0.211. The average molecular weight is 485 g/mol. The van der Waals surface area contributed by atoms with Gasteiger partial charge in [-0.1, -0.05) is 57.2 Å². The van der Waals surface area contributed by atoms with Gasteiger partial charge in [0.2, 0.25) is 0 Å². The van der Waals surface area contributed by atoms with E-state index in [9.17, 15) is 9.59 Å². The maximum absolute atomic E-state index is 12.9. The van der Waals surface area contributed by atoms with E-state index in [4.69, 9.17) is 0 Å². The number of benzene rings is 3. The molecule has 1 aromatic heterocycles. The number of carbonyl (C=O) groups excluding carboxylic acids is 1. The molecule has 0 atom stereocenters. The number of aldehydes is 1. The molecular weight excluding hydrogens is 448 g/mol. The van der Waals surface area contributed by atoms with Gasteiger partial charge in [0.25, 0.3) is 5.56 Å². The molecular formula is C30H36N4O2. The highest BCUT2D eigenvalue weighted by Crippen LogP contribution is 2.17. The van der Waals surface area contributed by atoms with Crippen LogP contribution in [-0.4, -0.2) is 40.4 Å². The Kier molecular flexibility index (Phi) is 10.4. The van der Waals surface area contributed by atoms with Crippen LogP contribution in [0.2, 0.25) is 0 Å². The second-order valence-electron chi connectivity index (χ2n) is 8.40. The summed E-state index contributed by atoms with van der Waals surface area (Å²) in [5.74, 6) is 0.332. The fourth-order valence-electron chi connectivity index (χ4n) is 4.14. The maximum Gasteiger partial charge on any atom is 0.297 e. The molecule has 0 saturated heterocycles. The van der Waals surface area contributed by atoms with Crippen molar-refractivity contribution in [2.75, 3.05) is 25.0 Å². The molecule has 0 aliphatic rings. The molecule has 0 spiro atoms. The predicted octanol–water partition coefficient (Wildman–Crippen LogP) is 5.94. The van der Waals surface area contributed by atoms with Crippen molar-refractivity contribution in [2.45, 2.75) is 40.2 Å². The van der Waals surface area contributed by atoms with Crippen molar-refractivity contribution in [1.29, 1.82) is 0 Å². The lowest BCUT2D eigenvalue weighted by Gasteiger charge is -2.22. The topological polar surface area (TPSA) is 67.2 Å². The lowest BCUT2D eigenvalue weighted by molar-refractivity contribution is 0.112. The van der Waals surface area contributed by atoms with Crippen LogP contribution in [0.15, 0.2) is 83.9 Å². The van der Waals surface area contributed by atoms with Gasteiger partial charge in [0, 0.05) is 43.3 Å². The Morgan fingerprint density at radius 2 is 1.72 bits per heavy atom. The molecule has 0 radical (unpaired) electrons. The van der Waals surface area contributed by atoms with Crippen molar-refractivity contribution in [3.63, 3.8) is 0 Å². The van der Waals surface area contributed by atoms with Gasteiger partial charge in [-0.3, -0.25) is 19.1 Å². The number of hydrogen-bond donors (Lipinski definition) is 1. The minimum atomic E-state index is -0.206. The fraction of sp³-hybridized carbons (Fsp3) is 0.300. The van der Waals surface area contributed by atoms with E-state index >= 15 is 0 Å². The molecule has 188 valence electrons. The van der Waals surface area contributed by atoms with Gasteiger partial charge in [0.1, 0.15) is 6.29 Å². The van der Waals surface area contributed by atoms with Crippen LogP contribution in [0.1, 0.15) is 49.5 Å².